The molecule has 0 radical (unpaired) electrons. The van der Waals surface area contributed by atoms with Gasteiger partial charge in [-0.05, 0) is 52.9 Å². The van der Waals surface area contributed by atoms with Gasteiger partial charge in [-0.1, -0.05) is 33.6 Å². The number of ether oxygens (including phenoxy) is 1. The molecule has 0 saturated heterocycles. The molecule has 0 aromatic rings. The van der Waals surface area contributed by atoms with Gasteiger partial charge in [-0.15, -0.1) is 0 Å². The summed E-state index contributed by atoms with van der Waals surface area (Å²) < 4.78 is 5.74. The van der Waals surface area contributed by atoms with Gasteiger partial charge in [0.15, 0.2) is 0 Å². The Morgan fingerprint density at radius 3 is 1.94 bits per heavy atom. The van der Waals surface area contributed by atoms with E-state index in [9.17, 15) is 4.79 Å². The van der Waals surface area contributed by atoms with Gasteiger partial charge in [0.1, 0.15) is 5.60 Å². The highest BCUT2D eigenvalue weighted by Gasteiger charge is 2.38. The highest BCUT2D eigenvalue weighted by atomic mass is 16.6. The smallest absolute Gasteiger partial charge is 0.312 e. The molecule has 0 aliphatic heterocycles. The molecule has 0 heterocycles. The maximum atomic E-state index is 12.0. The van der Waals surface area contributed by atoms with Crippen LogP contribution in [0.5, 0.6) is 0 Å². The maximum Gasteiger partial charge on any atom is 0.312 e. The molecule has 1 rings (SSSR count). The Balaban J connectivity index is 0.00000137. The van der Waals surface area contributed by atoms with E-state index in [0.29, 0.717) is 5.92 Å². The number of carbonyl (C=O) groups is 1. The Kier molecular flexibility index (Phi) is 6.94. The molecule has 0 bridgehead atoms. The van der Waals surface area contributed by atoms with Crippen LogP contribution < -0.4 is 0 Å². The first-order chi connectivity index (χ1) is 8.29. The molecule has 2 heteroatoms. The van der Waals surface area contributed by atoms with E-state index in [1.807, 2.05) is 34.6 Å². The summed E-state index contributed by atoms with van der Waals surface area (Å²) in [6.07, 6.45) is 5.79. The lowest BCUT2D eigenvalue weighted by Crippen LogP contribution is -2.39. The molecule has 0 aromatic carbocycles. The fourth-order valence-corrected chi connectivity index (χ4v) is 2.23. The van der Waals surface area contributed by atoms with Crippen molar-refractivity contribution in [1.82, 2.24) is 0 Å². The minimum atomic E-state index is -0.351. The fourth-order valence-electron chi connectivity index (χ4n) is 2.23. The van der Waals surface area contributed by atoms with Crippen LogP contribution in [-0.4, -0.2) is 11.6 Å². The Morgan fingerprint density at radius 2 is 1.56 bits per heavy atom. The first-order valence-corrected chi connectivity index (χ1v) is 7.53. The molecular weight excluding hydrogens is 224 g/mol. The van der Waals surface area contributed by atoms with Crippen LogP contribution in [0.4, 0.5) is 0 Å². The monoisotopic (exact) mass is 256 g/mol. The zero-order valence-electron chi connectivity index (χ0n) is 13.4. The van der Waals surface area contributed by atoms with Crippen molar-refractivity contribution in [1.29, 1.82) is 0 Å². The molecule has 0 spiro atoms. The quantitative estimate of drug-likeness (QED) is 0.664. The number of carbonyl (C=O) groups excluding carboxylic acids is 1. The number of esters is 1. The van der Waals surface area contributed by atoms with Crippen LogP contribution in [0.1, 0.15) is 80.6 Å². The van der Waals surface area contributed by atoms with Gasteiger partial charge in [-0.2, -0.15) is 0 Å². The molecule has 0 unspecified atom stereocenters. The van der Waals surface area contributed by atoms with Gasteiger partial charge in [0.05, 0.1) is 5.41 Å². The molecule has 0 atom stereocenters. The summed E-state index contributed by atoms with van der Waals surface area (Å²) in [4.78, 5) is 12.0. The third-order valence-corrected chi connectivity index (χ3v) is 4.13. The average molecular weight is 256 g/mol. The molecule has 0 N–H and O–H groups in total. The van der Waals surface area contributed by atoms with Crippen LogP contribution in [0.3, 0.4) is 0 Å². The van der Waals surface area contributed by atoms with Crippen molar-refractivity contribution in [2.24, 2.45) is 11.3 Å². The molecule has 108 valence electrons. The van der Waals surface area contributed by atoms with Crippen LogP contribution in [0.25, 0.3) is 0 Å². The normalized spacial score (nSPS) is 17.1. The van der Waals surface area contributed by atoms with Crippen molar-refractivity contribution in [2.45, 2.75) is 86.2 Å². The molecule has 1 saturated carbocycles. The van der Waals surface area contributed by atoms with Crippen LogP contribution in [0.15, 0.2) is 0 Å². The topological polar surface area (TPSA) is 26.3 Å². The minimum absolute atomic E-state index is 0.0492. The van der Waals surface area contributed by atoms with E-state index < -0.39 is 0 Å². The summed E-state index contributed by atoms with van der Waals surface area (Å²) in [7, 11) is 0. The standard InChI is InChI=1S/C14H26O2.C2H6/c1-6-13(2,3)12(15)16-14(4,5)11-9-7-8-10-11;1-2/h11H,6-10H2,1-5H3;1-2H3. The predicted molar refractivity (Wildman–Crippen MR) is 77.5 cm³/mol. The summed E-state index contributed by atoms with van der Waals surface area (Å²) in [6.45, 7) is 14.1. The third-order valence-electron chi connectivity index (χ3n) is 4.13. The Bertz CT molecular complexity index is 248. The van der Waals surface area contributed by atoms with E-state index in [4.69, 9.17) is 4.74 Å². The predicted octanol–water partition coefficient (Wildman–Crippen LogP) is 4.96. The summed E-state index contributed by atoms with van der Waals surface area (Å²) in [5, 5.41) is 0. The molecule has 2 nitrogen and oxygen atoms in total. The molecule has 1 fully saturated rings. The average Bonchev–Trinajstić information content (AvgIpc) is 2.85. The molecule has 0 amide bonds. The van der Waals surface area contributed by atoms with E-state index in [-0.39, 0.29) is 17.0 Å². The van der Waals surface area contributed by atoms with Crippen LogP contribution in [-0.2, 0) is 9.53 Å². The lowest BCUT2D eigenvalue weighted by Gasteiger charge is -2.34. The Morgan fingerprint density at radius 1 is 1.11 bits per heavy atom. The highest BCUT2D eigenvalue weighted by Crippen LogP contribution is 2.37. The van der Waals surface area contributed by atoms with Crippen LogP contribution in [0.2, 0.25) is 0 Å². The van der Waals surface area contributed by atoms with Crippen LogP contribution >= 0.6 is 0 Å². The third kappa shape index (κ3) is 4.62. The molecule has 1 aliphatic carbocycles. The number of hydrogen-bond acceptors (Lipinski definition) is 2. The second-order valence-corrected chi connectivity index (χ2v) is 6.21. The number of hydrogen-bond donors (Lipinski definition) is 0. The fraction of sp³-hybridized carbons (Fsp3) is 0.938. The molecular formula is C16H32O2. The Labute approximate surface area is 113 Å². The number of rotatable bonds is 4. The van der Waals surface area contributed by atoms with Gasteiger partial charge in [0.2, 0.25) is 0 Å². The summed E-state index contributed by atoms with van der Waals surface area (Å²) in [6, 6.07) is 0. The van der Waals surface area contributed by atoms with E-state index in [1.54, 1.807) is 0 Å². The van der Waals surface area contributed by atoms with Gasteiger partial charge in [-0.25, -0.2) is 0 Å². The summed E-state index contributed by atoms with van der Waals surface area (Å²) in [5.74, 6) is 0.496. The second-order valence-electron chi connectivity index (χ2n) is 6.21. The van der Waals surface area contributed by atoms with E-state index in [1.165, 1.54) is 25.7 Å². The SMILES string of the molecule is CC.CCC(C)(C)C(=O)OC(C)(C)C1CCCC1. The summed E-state index contributed by atoms with van der Waals surface area (Å²) >= 11 is 0. The Hall–Kier alpha value is -0.530. The maximum absolute atomic E-state index is 12.0. The molecule has 0 aromatic heterocycles. The van der Waals surface area contributed by atoms with Gasteiger partial charge < -0.3 is 4.74 Å². The highest BCUT2D eigenvalue weighted by molar-refractivity contribution is 5.76. The lowest BCUT2D eigenvalue weighted by molar-refractivity contribution is -0.172. The minimum Gasteiger partial charge on any atom is -0.459 e. The van der Waals surface area contributed by atoms with Crippen molar-refractivity contribution < 1.29 is 9.53 Å². The van der Waals surface area contributed by atoms with E-state index >= 15 is 0 Å². The van der Waals surface area contributed by atoms with E-state index in [0.717, 1.165) is 6.42 Å². The van der Waals surface area contributed by atoms with Gasteiger partial charge in [0, 0.05) is 0 Å². The molecule has 1 aliphatic rings. The van der Waals surface area contributed by atoms with Gasteiger partial charge in [-0.3, -0.25) is 4.79 Å². The van der Waals surface area contributed by atoms with Crippen molar-refractivity contribution in [3.8, 4) is 0 Å². The first kappa shape index (κ1) is 17.5. The van der Waals surface area contributed by atoms with Crippen molar-refractivity contribution >= 4 is 5.97 Å². The molecule has 18 heavy (non-hydrogen) atoms. The first-order valence-electron chi connectivity index (χ1n) is 7.53. The van der Waals surface area contributed by atoms with Gasteiger partial charge >= 0.3 is 5.97 Å². The largest absolute Gasteiger partial charge is 0.459 e. The zero-order valence-corrected chi connectivity index (χ0v) is 13.4. The van der Waals surface area contributed by atoms with Crippen molar-refractivity contribution in [2.75, 3.05) is 0 Å². The lowest BCUT2D eigenvalue weighted by atomic mass is 9.87. The van der Waals surface area contributed by atoms with Crippen molar-refractivity contribution in [3.63, 3.8) is 0 Å². The van der Waals surface area contributed by atoms with Crippen LogP contribution in [0, 0.1) is 11.3 Å². The summed E-state index contributed by atoms with van der Waals surface area (Å²) in [5.41, 5.74) is -0.643. The zero-order chi connectivity index (χ0) is 14.4. The van der Waals surface area contributed by atoms with Crippen molar-refractivity contribution in [3.05, 3.63) is 0 Å². The van der Waals surface area contributed by atoms with E-state index in [2.05, 4.69) is 13.8 Å². The second kappa shape index (κ2) is 7.16. The van der Waals surface area contributed by atoms with Gasteiger partial charge in [0.25, 0.3) is 0 Å².